The van der Waals surface area contributed by atoms with E-state index in [9.17, 15) is 4.79 Å². The summed E-state index contributed by atoms with van der Waals surface area (Å²) in [5.74, 6) is 0.327. The SMILES string of the molecule is CCOCC(NC(=O)c1cccc2c1NCCC2)C(C)C. The summed E-state index contributed by atoms with van der Waals surface area (Å²) in [5.41, 5.74) is 2.98. The molecule has 2 rings (SSSR count). The molecule has 0 saturated carbocycles. The third-order valence-corrected chi connectivity index (χ3v) is 3.94. The minimum atomic E-state index is -0.0142. The van der Waals surface area contributed by atoms with Crippen LogP contribution in [-0.2, 0) is 11.2 Å². The van der Waals surface area contributed by atoms with E-state index >= 15 is 0 Å². The zero-order chi connectivity index (χ0) is 15.2. The van der Waals surface area contributed by atoms with Crippen LogP contribution in [0.15, 0.2) is 18.2 Å². The molecule has 1 aromatic carbocycles. The molecule has 0 fully saturated rings. The lowest BCUT2D eigenvalue weighted by Gasteiger charge is -2.25. The molecule has 116 valence electrons. The van der Waals surface area contributed by atoms with E-state index in [-0.39, 0.29) is 11.9 Å². The summed E-state index contributed by atoms with van der Waals surface area (Å²) in [6.07, 6.45) is 2.16. The number of benzene rings is 1. The molecule has 0 radical (unpaired) electrons. The van der Waals surface area contributed by atoms with Gasteiger partial charge in [0.25, 0.3) is 5.91 Å². The smallest absolute Gasteiger partial charge is 0.253 e. The fraction of sp³-hybridized carbons (Fsp3) is 0.588. The molecular formula is C17H26N2O2. The van der Waals surface area contributed by atoms with Crippen LogP contribution < -0.4 is 10.6 Å². The Bertz CT molecular complexity index is 486. The topological polar surface area (TPSA) is 50.4 Å². The number of rotatable bonds is 6. The second-order valence-electron chi connectivity index (χ2n) is 5.85. The largest absolute Gasteiger partial charge is 0.384 e. The maximum absolute atomic E-state index is 12.6. The van der Waals surface area contributed by atoms with Crippen LogP contribution in [0.4, 0.5) is 5.69 Å². The number of anilines is 1. The number of ether oxygens (including phenoxy) is 1. The van der Waals surface area contributed by atoms with Gasteiger partial charge in [0.1, 0.15) is 0 Å². The van der Waals surface area contributed by atoms with Crippen molar-refractivity contribution in [3.05, 3.63) is 29.3 Å². The van der Waals surface area contributed by atoms with E-state index in [0.29, 0.717) is 19.1 Å². The minimum absolute atomic E-state index is 0.0142. The lowest BCUT2D eigenvalue weighted by atomic mass is 9.98. The highest BCUT2D eigenvalue weighted by Gasteiger charge is 2.21. The van der Waals surface area contributed by atoms with Crippen molar-refractivity contribution < 1.29 is 9.53 Å². The summed E-state index contributed by atoms with van der Waals surface area (Å²) in [4.78, 5) is 12.6. The van der Waals surface area contributed by atoms with E-state index in [2.05, 4.69) is 30.5 Å². The number of carbonyl (C=O) groups excluding carboxylic acids is 1. The third-order valence-electron chi connectivity index (χ3n) is 3.94. The van der Waals surface area contributed by atoms with E-state index < -0.39 is 0 Å². The number of hydrogen-bond acceptors (Lipinski definition) is 3. The molecule has 0 bridgehead atoms. The van der Waals surface area contributed by atoms with Crippen LogP contribution in [-0.4, -0.2) is 31.7 Å². The average molecular weight is 290 g/mol. The Hall–Kier alpha value is -1.55. The summed E-state index contributed by atoms with van der Waals surface area (Å²) >= 11 is 0. The second-order valence-corrected chi connectivity index (χ2v) is 5.85. The number of amides is 1. The van der Waals surface area contributed by atoms with Crippen LogP contribution in [0.5, 0.6) is 0 Å². The number of hydrogen-bond donors (Lipinski definition) is 2. The Morgan fingerprint density at radius 2 is 2.24 bits per heavy atom. The monoisotopic (exact) mass is 290 g/mol. The van der Waals surface area contributed by atoms with Gasteiger partial charge in [0.15, 0.2) is 0 Å². The van der Waals surface area contributed by atoms with Crippen molar-refractivity contribution in [3.63, 3.8) is 0 Å². The van der Waals surface area contributed by atoms with Gasteiger partial charge < -0.3 is 15.4 Å². The normalized spacial score (nSPS) is 15.2. The standard InChI is InChI=1S/C17H26N2O2/c1-4-21-11-15(12(2)3)19-17(20)14-9-5-7-13-8-6-10-18-16(13)14/h5,7,9,12,15,18H,4,6,8,10-11H2,1-3H3,(H,19,20). The molecule has 1 aliphatic heterocycles. The molecule has 2 N–H and O–H groups in total. The molecule has 1 atom stereocenters. The van der Waals surface area contributed by atoms with Gasteiger partial charge in [0.2, 0.25) is 0 Å². The molecule has 0 aromatic heterocycles. The Labute approximate surface area is 127 Å². The maximum Gasteiger partial charge on any atom is 0.253 e. The van der Waals surface area contributed by atoms with Crippen molar-refractivity contribution in [2.45, 2.75) is 39.7 Å². The van der Waals surface area contributed by atoms with Crippen LogP contribution in [0.2, 0.25) is 0 Å². The molecule has 1 aliphatic rings. The third kappa shape index (κ3) is 3.97. The Morgan fingerprint density at radius 1 is 1.43 bits per heavy atom. The van der Waals surface area contributed by atoms with Gasteiger partial charge in [-0.05, 0) is 37.3 Å². The first kappa shape index (κ1) is 15.8. The molecule has 1 amide bonds. The van der Waals surface area contributed by atoms with Crippen LogP contribution in [0.3, 0.4) is 0 Å². The molecule has 1 aromatic rings. The lowest BCUT2D eigenvalue weighted by Crippen LogP contribution is -2.42. The molecule has 0 aliphatic carbocycles. The number of aryl methyl sites for hydroxylation is 1. The maximum atomic E-state index is 12.6. The van der Waals surface area contributed by atoms with Gasteiger partial charge in [-0.25, -0.2) is 0 Å². The van der Waals surface area contributed by atoms with Gasteiger partial charge in [-0.15, -0.1) is 0 Å². The van der Waals surface area contributed by atoms with Crippen LogP contribution in [0.25, 0.3) is 0 Å². The molecule has 4 nitrogen and oxygen atoms in total. The van der Waals surface area contributed by atoms with E-state index in [1.807, 2.05) is 19.1 Å². The second kappa shape index (κ2) is 7.46. The summed E-state index contributed by atoms with van der Waals surface area (Å²) in [7, 11) is 0. The summed E-state index contributed by atoms with van der Waals surface area (Å²) in [5, 5.41) is 6.48. The molecular weight excluding hydrogens is 264 g/mol. The average Bonchev–Trinajstić information content (AvgIpc) is 2.50. The summed E-state index contributed by atoms with van der Waals surface area (Å²) < 4.78 is 5.48. The zero-order valence-electron chi connectivity index (χ0n) is 13.2. The van der Waals surface area contributed by atoms with E-state index in [0.717, 1.165) is 30.6 Å². The molecule has 0 saturated heterocycles. The van der Waals surface area contributed by atoms with Crippen molar-refractivity contribution in [1.82, 2.24) is 5.32 Å². The Kier molecular flexibility index (Phi) is 5.62. The van der Waals surface area contributed by atoms with Crippen LogP contribution in [0.1, 0.15) is 43.1 Å². The van der Waals surface area contributed by atoms with Gasteiger partial charge in [-0.1, -0.05) is 26.0 Å². The van der Waals surface area contributed by atoms with Crippen LogP contribution >= 0.6 is 0 Å². The first-order chi connectivity index (χ1) is 10.1. The molecule has 1 heterocycles. The van der Waals surface area contributed by atoms with Gasteiger partial charge >= 0.3 is 0 Å². The summed E-state index contributed by atoms with van der Waals surface area (Å²) in [6.45, 7) is 8.33. The first-order valence-electron chi connectivity index (χ1n) is 7.87. The first-order valence-corrected chi connectivity index (χ1v) is 7.87. The van der Waals surface area contributed by atoms with Crippen molar-refractivity contribution in [3.8, 4) is 0 Å². The quantitative estimate of drug-likeness (QED) is 0.847. The van der Waals surface area contributed by atoms with E-state index in [1.165, 1.54) is 5.56 Å². The number of carbonyl (C=O) groups is 1. The summed E-state index contributed by atoms with van der Waals surface area (Å²) in [6, 6.07) is 5.99. The highest BCUT2D eigenvalue weighted by atomic mass is 16.5. The fourth-order valence-electron chi connectivity index (χ4n) is 2.59. The number of para-hydroxylation sites is 1. The fourth-order valence-corrected chi connectivity index (χ4v) is 2.59. The molecule has 0 spiro atoms. The van der Waals surface area contributed by atoms with Crippen LogP contribution in [0, 0.1) is 5.92 Å². The minimum Gasteiger partial charge on any atom is -0.384 e. The van der Waals surface area contributed by atoms with Gasteiger partial charge in [-0.3, -0.25) is 4.79 Å². The van der Waals surface area contributed by atoms with Gasteiger partial charge in [0, 0.05) is 13.2 Å². The number of fused-ring (bicyclic) bond motifs is 1. The Morgan fingerprint density at radius 3 is 2.95 bits per heavy atom. The van der Waals surface area contributed by atoms with E-state index in [1.54, 1.807) is 0 Å². The van der Waals surface area contributed by atoms with Crippen molar-refractivity contribution in [2.75, 3.05) is 25.1 Å². The molecule has 1 unspecified atom stereocenters. The lowest BCUT2D eigenvalue weighted by molar-refractivity contribution is 0.0806. The van der Waals surface area contributed by atoms with Crippen molar-refractivity contribution in [2.24, 2.45) is 5.92 Å². The van der Waals surface area contributed by atoms with Gasteiger partial charge in [-0.2, -0.15) is 0 Å². The Balaban J connectivity index is 2.12. The molecule has 21 heavy (non-hydrogen) atoms. The zero-order valence-corrected chi connectivity index (χ0v) is 13.2. The number of nitrogens with one attached hydrogen (secondary N) is 2. The highest BCUT2D eigenvalue weighted by molar-refractivity contribution is 6.00. The van der Waals surface area contributed by atoms with E-state index in [4.69, 9.17) is 4.74 Å². The predicted molar refractivity (Wildman–Crippen MR) is 85.8 cm³/mol. The molecule has 4 heteroatoms. The van der Waals surface area contributed by atoms with Crippen molar-refractivity contribution in [1.29, 1.82) is 0 Å². The van der Waals surface area contributed by atoms with Gasteiger partial charge in [0.05, 0.1) is 23.9 Å². The highest BCUT2D eigenvalue weighted by Crippen LogP contribution is 2.26. The van der Waals surface area contributed by atoms with Crippen molar-refractivity contribution >= 4 is 11.6 Å². The predicted octanol–water partition coefficient (Wildman–Crippen LogP) is 2.84.